The number of unbranched alkanes of at least 4 members (excludes halogenated alkanes) is 1. The second-order valence-electron chi connectivity index (χ2n) is 13.4. The van der Waals surface area contributed by atoms with Gasteiger partial charge in [-0.1, -0.05) is 93.9 Å². The van der Waals surface area contributed by atoms with Crippen molar-refractivity contribution >= 4 is 0 Å². The first kappa shape index (κ1) is 25.6. The van der Waals surface area contributed by atoms with Crippen molar-refractivity contribution in [2.45, 2.75) is 138 Å². The molecule has 3 rings (SSSR count). The largest absolute Gasteiger partial charge is 0.302 e. The molecule has 1 spiro atoms. The smallest absolute Gasteiger partial charge is 0.0197 e. The van der Waals surface area contributed by atoms with Crippen molar-refractivity contribution in [3.63, 3.8) is 0 Å². The molecular formula is C30H57N. The summed E-state index contributed by atoms with van der Waals surface area (Å²) in [6.45, 7) is 21.9. The molecule has 1 nitrogen and oxygen atoms in total. The van der Waals surface area contributed by atoms with Crippen molar-refractivity contribution in [3.8, 4) is 0 Å². The van der Waals surface area contributed by atoms with Gasteiger partial charge < -0.3 is 4.90 Å². The van der Waals surface area contributed by atoms with E-state index in [4.69, 9.17) is 0 Å². The predicted molar refractivity (Wildman–Crippen MR) is 137 cm³/mol. The Morgan fingerprint density at radius 3 is 2.03 bits per heavy atom. The predicted octanol–water partition coefficient (Wildman–Crippen LogP) is 8.96. The first-order valence-electron chi connectivity index (χ1n) is 14.3. The normalized spacial score (nSPS) is 45.2. The molecule has 0 radical (unpaired) electrons. The molecular weight excluding hydrogens is 374 g/mol. The number of nitrogens with zero attached hydrogens (tertiary/aromatic N) is 1. The van der Waals surface area contributed by atoms with E-state index >= 15 is 0 Å². The van der Waals surface area contributed by atoms with Gasteiger partial charge in [-0.05, 0) is 79.6 Å². The minimum atomic E-state index is 0.450. The Morgan fingerprint density at radius 1 is 0.839 bits per heavy atom. The van der Waals surface area contributed by atoms with Gasteiger partial charge in [0.2, 0.25) is 0 Å². The first-order valence-corrected chi connectivity index (χ1v) is 14.3. The van der Waals surface area contributed by atoms with Gasteiger partial charge >= 0.3 is 0 Å². The van der Waals surface area contributed by atoms with Crippen molar-refractivity contribution < 1.29 is 0 Å². The molecule has 2 saturated carbocycles. The fourth-order valence-electron chi connectivity index (χ4n) is 9.71. The van der Waals surface area contributed by atoms with Crippen molar-refractivity contribution in [2.75, 3.05) is 13.6 Å². The summed E-state index contributed by atoms with van der Waals surface area (Å²) >= 11 is 0. The maximum Gasteiger partial charge on any atom is 0.0197 e. The van der Waals surface area contributed by atoms with Gasteiger partial charge in [0, 0.05) is 18.0 Å². The molecule has 7 atom stereocenters. The summed E-state index contributed by atoms with van der Waals surface area (Å²) in [5, 5.41) is 0. The lowest BCUT2D eigenvalue weighted by Crippen LogP contribution is -2.71. The summed E-state index contributed by atoms with van der Waals surface area (Å²) in [4.78, 5) is 2.80. The van der Waals surface area contributed by atoms with E-state index in [9.17, 15) is 0 Å². The molecule has 0 N–H and O–H groups in total. The molecule has 1 aliphatic heterocycles. The molecule has 7 unspecified atom stereocenters. The highest BCUT2D eigenvalue weighted by Crippen LogP contribution is 2.70. The van der Waals surface area contributed by atoms with Crippen LogP contribution in [0.1, 0.15) is 132 Å². The molecule has 0 aromatic rings. The third-order valence-electron chi connectivity index (χ3n) is 11.4. The summed E-state index contributed by atoms with van der Waals surface area (Å²) < 4.78 is 0. The molecule has 31 heavy (non-hydrogen) atoms. The topological polar surface area (TPSA) is 3.24 Å². The lowest BCUT2D eigenvalue weighted by molar-refractivity contribution is -0.188. The van der Waals surface area contributed by atoms with E-state index in [1.807, 2.05) is 0 Å². The van der Waals surface area contributed by atoms with Crippen LogP contribution in [-0.2, 0) is 0 Å². The molecule has 0 aromatic heterocycles. The Morgan fingerprint density at radius 2 is 1.52 bits per heavy atom. The number of fused-ring (bicyclic) bond motifs is 1. The Balaban J connectivity index is 2.20. The van der Waals surface area contributed by atoms with E-state index in [-0.39, 0.29) is 0 Å². The molecule has 1 saturated heterocycles. The van der Waals surface area contributed by atoms with E-state index in [0.29, 0.717) is 21.7 Å². The van der Waals surface area contributed by atoms with Crippen LogP contribution in [0.5, 0.6) is 0 Å². The van der Waals surface area contributed by atoms with Gasteiger partial charge in [-0.15, -0.1) is 0 Å². The monoisotopic (exact) mass is 431 g/mol. The van der Waals surface area contributed by atoms with Crippen LogP contribution in [0.2, 0.25) is 0 Å². The summed E-state index contributed by atoms with van der Waals surface area (Å²) in [6.07, 6.45) is 17.1. The van der Waals surface area contributed by atoms with Gasteiger partial charge in [-0.3, -0.25) is 0 Å². The number of hydrogen-bond acceptors (Lipinski definition) is 1. The minimum absolute atomic E-state index is 0.450. The maximum atomic E-state index is 2.80. The van der Waals surface area contributed by atoms with Gasteiger partial charge in [-0.2, -0.15) is 0 Å². The molecule has 3 aliphatic rings. The molecule has 3 fully saturated rings. The van der Waals surface area contributed by atoms with Crippen molar-refractivity contribution in [1.29, 1.82) is 0 Å². The number of hydrogen-bond donors (Lipinski definition) is 0. The Kier molecular flexibility index (Phi) is 7.68. The minimum Gasteiger partial charge on any atom is -0.302 e. The van der Waals surface area contributed by atoms with E-state index < -0.39 is 0 Å². The van der Waals surface area contributed by atoms with Crippen LogP contribution < -0.4 is 0 Å². The zero-order valence-electron chi connectivity index (χ0n) is 22.9. The standard InChI is InChI=1S/C30H57N/c1-10-15-17-28(8)19-18-27(6,7)30-21-29(14-5,20-28)25(16-11-2)23(12-3)24(13-4)26(30)31(9)22-30/h23-26H,10-22H2,1-9H3. The van der Waals surface area contributed by atoms with Crippen molar-refractivity contribution in [3.05, 3.63) is 0 Å². The van der Waals surface area contributed by atoms with Gasteiger partial charge in [0.15, 0.2) is 0 Å². The van der Waals surface area contributed by atoms with Crippen LogP contribution in [0.25, 0.3) is 0 Å². The third-order valence-corrected chi connectivity index (χ3v) is 11.4. The zero-order chi connectivity index (χ0) is 23.1. The highest BCUT2D eigenvalue weighted by Gasteiger charge is 2.68. The third kappa shape index (κ3) is 4.06. The van der Waals surface area contributed by atoms with Gasteiger partial charge in [-0.25, -0.2) is 0 Å². The maximum absolute atomic E-state index is 2.80. The highest BCUT2D eigenvalue weighted by molar-refractivity contribution is 5.19. The second-order valence-corrected chi connectivity index (χ2v) is 13.4. The Hall–Kier alpha value is -0.0400. The molecule has 2 aliphatic carbocycles. The summed E-state index contributed by atoms with van der Waals surface area (Å²) in [6, 6.07) is 0.810. The second kappa shape index (κ2) is 9.31. The Labute approximate surface area is 196 Å². The highest BCUT2D eigenvalue weighted by atomic mass is 15.2. The Bertz CT molecular complexity index is 595. The van der Waals surface area contributed by atoms with Crippen LogP contribution in [0.4, 0.5) is 0 Å². The lowest BCUT2D eigenvalue weighted by atomic mass is 9.45. The van der Waals surface area contributed by atoms with Crippen LogP contribution in [0.3, 0.4) is 0 Å². The molecule has 0 amide bonds. The number of likely N-dealkylation sites (tertiary alicyclic amines) is 1. The van der Waals surface area contributed by atoms with Crippen LogP contribution in [-0.4, -0.2) is 24.5 Å². The average Bonchev–Trinajstić information content (AvgIpc) is 2.80. The molecule has 1 heteroatoms. The van der Waals surface area contributed by atoms with E-state index in [0.717, 1.165) is 23.8 Å². The summed E-state index contributed by atoms with van der Waals surface area (Å²) in [5.41, 5.74) is 2.05. The fourth-order valence-corrected chi connectivity index (χ4v) is 9.71. The average molecular weight is 432 g/mol. The lowest BCUT2D eigenvalue weighted by Gasteiger charge is -2.68. The van der Waals surface area contributed by atoms with Crippen LogP contribution >= 0.6 is 0 Å². The van der Waals surface area contributed by atoms with Crippen LogP contribution in [0.15, 0.2) is 0 Å². The molecule has 182 valence electrons. The number of rotatable bonds is 8. The SMILES string of the molecule is CCCCC1(C)CCC(C)(C)C23CN(C)C2C(CC)C(CC)C(CCC)C(CC)(C1)C3. The molecule has 1 heterocycles. The van der Waals surface area contributed by atoms with Crippen LogP contribution in [0, 0.1) is 39.4 Å². The van der Waals surface area contributed by atoms with E-state index in [1.165, 1.54) is 83.6 Å². The van der Waals surface area contributed by atoms with Gasteiger partial charge in [0.25, 0.3) is 0 Å². The van der Waals surface area contributed by atoms with E-state index in [2.05, 4.69) is 67.3 Å². The molecule has 2 bridgehead atoms. The quantitative estimate of drug-likeness (QED) is 0.370. The van der Waals surface area contributed by atoms with Crippen molar-refractivity contribution in [2.24, 2.45) is 39.4 Å². The fraction of sp³-hybridized carbons (Fsp3) is 1.00. The summed E-state index contributed by atoms with van der Waals surface area (Å²) in [5.74, 6) is 2.71. The van der Waals surface area contributed by atoms with E-state index in [1.54, 1.807) is 0 Å². The van der Waals surface area contributed by atoms with Crippen molar-refractivity contribution in [1.82, 2.24) is 4.90 Å². The zero-order valence-corrected chi connectivity index (χ0v) is 22.9. The van der Waals surface area contributed by atoms with Gasteiger partial charge in [0.1, 0.15) is 0 Å². The van der Waals surface area contributed by atoms with Gasteiger partial charge in [0.05, 0.1) is 0 Å². The summed E-state index contributed by atoms with van der Waals surface area (Å²) in [7, 11) is 2.46. The first-order chi connectivity index (χ1) is 14.6. The molecule has 0 aromatic carbocycles.